The fourth-order valence-electron chi connectivity index (χ4n) is 8.39. The molecule has 1 aromatic heterocycles. The number of hydrogen-bond donors (Lipinski definition) is 2. The van der Waals surface area contributed by atoms with Crippen LogP contribution >= 0.6 is 0 Å². The summed E-state index contributed by atoms with van der Waals surface area (Å²) in [6, 6.07) is 1.71. The molecule has 0 aromatic carbocycles. The normalized spacial score (nSPS) is 50.6. The highest BCUT2D eigenvalue weighted by atomic mass is 16.7. The van der Waals surface area contributed by atoms with Crippen LogP contribution in [0, 0.1) is 22.7 Å². The first-order chi connectivity index (χ1) is 16.8. The standard InChI is InChI=1S/C26H30O10/c1-21(2)25(30)20(29)26(31,32-5)23(4)15(22(25,3)10-8-16(27)35-21)7-6-14-17(13-9-11-33-12-13)34-19(28)18-24(14,23)36-18/h8-12,14-15,17-18,30-31H,6-7H2,1-5H3/t14?,15?,17-,18+,22+,23+,24-,25+,26+/m0/s1. The monoisotopic (exact) mass is 502 g/mol. The van der Waals surface area contributed by atoms with E-state index in [1.807, 2.05) is 0 Å². The van der Waals surface area contributed by atoms with Crippen molar-refractivity contribution in [3.05, 3.63) is 36.3 Å². The molecular weight excluding hydrogens is 472 g/mol. The van der Waals surface area contributed by atoms with Gasteiger partial charge in [-0.1, -0.05) is 19.9 Å². The molecule has 1 spiro atoms. The van der Waals surface area contributed by atoms with Crippen LogP contribution in [0.15, 0.2) is 35.2 Å². The minimum Gasteiger partial charge on any atom is -0.472 e. The Morgan fingerprint density at radius 2 is 1.81 bits per heavy atom. The molecule has 4 heterocycles. The average Bonchev–Trinajstić information content (AvgIpc) is 3.38. The van der Waals surface area contributed by atoms with Crippen LogP contribution in [0.4, 0.5) is 0 Å². The maximum Gasteiger partial charge on any atom is 0.339 e. The van der Waals surface area contributed by atoms with Gasteiger partial charge in [0.1, 0.15) is 17.3 Å². The van der Waals surface area contributed by atoms with Crippen molar-refractivity contribution < 1.29 is 48.0 Å². The molecule has 0 amide bonds. The zero-order chi connectivity index (χ0) is 26.1. The van der Waals surface area contributed by atoms with Crippen LogP contribution in [0.5, 0.6) is 0 Å². The van der Waals surface area contributed by atoms with Gasteiger partial charge in [-0.05, 0) is 38.7 Å². The van der Waals surface area contributed by atoms with Gasteiger partial charge in [0.05, 0.1) is 17.9 Å². The third-order valence-corrected chi connectivity index (χ3v) is 10.1. The molecule has 2 aliphatic carbocycles. The van der Waals surface area contributed by atoms with Gasteiger partial charge in [-0.2, -0.15) is 0 Å². The predicted octanol–water partition coefficient (Wildman–Crippen LogP) is 1.59. The number of Topliss-reactive ketones (excluding diaryl/α,β-unsaturated/α-hetero) is 1. The number of hydrogen-bond acceptors (Lipinski definition) is 10. The van der Waals surface area contributed by atoms with E-state index in [2.05, 4.69) is 0 Å². The summed E-state index contributed by atoms with van der Waals surface area (Å²) in [6.45, 7) is 6.25. The summed E-state index contributed by atoms with van der Waals surface area (Å²) < 4.78 is 28.3. The molecule has 10 heteroatoms. The van der Waals surface area contributed by atoms with E-state index < -0.39 is 75.2 Å². The number of ketones is 1. The highest BCUT2D eigenvalue weighted by Crippen LogP contribution is 2.77. The molecule has 6 rings (SSSR count). The summed E-state index contributed by atoms with van der Waals surface area (Å²) in [5.74, 6) is -6.05. The maximum absolute atomic E-state index is 14.4. The summed E-state index contributed by atoms with van der Waals surface area (Å²) in [5.41, 5.74) is -7.66. The number of epoxide rings is 1. The van der Waals surface area contributed by atoms with E-state index in [4.69, 9.17) is 23.4 Å². The van der Waals surface area contributed by atoms with Gasteiger partial charge < -0.3 is 33.6 Å². The minimum atomic E-state index is -2.58. The third-order valence-electron chi connectivity index (χ3n) is 10.1. The zero-order valence-corrected chi connectivity index (χ0v) is 20.8. The van der Waals surface area contributed by atoms with Crippen molar-refractivity contribution >= 4 is 17.7 Å². The number of cyclic esters (lactones) is 2. The Labute approximate surface area is 207 Å². The van der Waals surface area contributed by atoms with Crippen LogP contribution in [0.3, 0.4) is 0 Å². The summed E-state index contributed by atoms with van der Waals surface area (Å²) in [4.78, 5) is 40.0. The Balaban J connectivity index is 1.61. The minimum absolute atomic E-state index is 0.400. The Kier molecular flexibility index (Phi) is 4.41. The summed E-state index contributed by atoms with van der Waals surface area (Å²) >= 11 is 0. The second-order valence-corrected chi connectivity index (χ2v) is 11.6. The van der Waals surface area contributed by atoms with Crippen LogP contribution in [0.2, 0.25) is 0 Å². The number of carbonyl (C=O) groups excluding carboxylic acids is 3. The largest absolute Gasteiger partial charge is 0.472 e. The van der Waals surface area contributed by atoms with Crippen LogP contribution in [0.1, 0.15) is 52.2 Å². The summed E-state index contributed by atoms with van der Waals surface area (Å²) in [5, 5.41) is 24.4. The molecule has 0 radical (unpaired) electrons. The number of rotatable bonds is 2. The van der Waals surface area contributed by atoms with E-state index in [0.29, 0.717) is 18.4 Å². The Morgan fingerprint density at radius 3 is 2.44 bits per heavy atom. The van der Waals surface area contributed by atoms with E-state index >= 15 is 0 Å². The highest BCUT2D eigenvalue weighted by Gasteiger charge is 2.91. The van der Waals surface area contributed by atoms with Crippen molar-refractivity contribution in [1.82, 2.24) is 0 Å². The molecule has 0 bridgehead atoms. The molecule has 2 saturated carbocycles. The molecule has 4 fully saturated rings. The van der Waals surface area contributed by atoms with E-state index in [9.17, 15) is 24.6 Å². The predicted molar refractivity (Wildman–Crippen MR) is 119 cm³/mol. The SMILES string of the molecule is CO[C@]1(O)C(=O)[C@@]2(O)C(C)(C)OC(=O)C=C[C@]2(C)C2CCC3[C@H](c4ccoc4)OC(=O)[C@H]4O[C@@]34[C@@]21C. The van der Waals surface area contributed by atoms with Gasteiger partial charge in [-0.15, -0.1) is 0 Å². The molecule has 10 nitrogen and oxygen atoms in total. The molecule has 3 aliphatic heterocycles. The Morgan fingerprint density at radius 1 is 1.08 bits per heavy atom. The molecule has 36 heavy (non-hydrogen) atoms. The lowest BCUT2D eigenvalue weighted by Gasteiger charge is -2.68. The van der Waals surface area contributed by atoms with Gasteiger partial charge in [-0.25, -0.2) is 9.59 Å². The fraction of sp³-hybridized carbons (Fsp3) is 0.654. The van der Waals surface area contributed by atoms with Gasteiger partial charge in [-0.3, -0.25) is 4.79 Å². The fourth-order valence-corrected chi connectivity index (χ4v) is 8.39. The maximum atomic E-state index is 14.4. The summed E-state index contributed by atoms with van der Waals surface area (Å²) in [6.07, 6.45) is 4.84. The van der Waals surface area contributed by atoms with Crippen molar-refractivity contribution in [2.45, 2.75) is 75.3 Å². The van der Waals surface area contributed by atoms with E-state index in [0.717, 1.165) is 0 Å². The van der Waals surface area contributed by atoms with Gasteiger partial charge in [0.2, 0.25) is 11.6 Å². The van der Waals surface area contributed by atoms with Gasteiger partial charge in [0, 0.05) is 30.1 Å². The molecule has 2 saturated heterocycles. The third kappa shape index (κ3) is 2.23. The first-order valence-corrected chi connectivity index (χ1v) is 12.1. The molecule has 2 unspecified atom stereocenters. The summed E-state index contributed by atoms with van der Waals surface area (Å²) in [7, 11) is 1.18. The lowest BCUT2D eigenvalue weighted by atomic mass is 9.37. The lowest BCUT2D eigenvalue weighted by molar-refractivity contribution is -0.346. The zero-order valence-electron chi connectivity index (χ0n) is 20.8. The van der Waals surface area contributed by atoms with Crippen LogP contribution in [-0.2, 0) is 33.3 Å². The van der Waals surface area contributed by atoms with Crippen LogP contribution in [0.25, 0.3) is 0 Å². The van der Waals surface area contributed by atoms with Crippen LogP contribution < -0.4 is 0 Å². The van der Waals surface area contributed by atoms with E-state index in [-0.39, 0.29) is 0 Å². The van der Waals surface area contributed by atoms with Crippen molar-refractivity contribution in [3.63, 3.8) is 0 Å². The second kappa shape index (κ2) is 6.66. The number of esters is 2. The molecule has 1 aromatic rings. The number of fused-ring (bicyclic) bond motifs is 3. The van der Waals surface area contributed by atoms with E-state index in [1.54, 1.807) is 19.9 Å². The van der Waals surface area contributed by atoms with Crippen molar-refractivity contribution in [2.75, 3.05) is 7.11 Å². The number of aliphatic hydroxyl groups is 2. The first-order valence-electron chi connectivity index (χ1n) is 12.1. The van der Waals surface area contributed by atoms with Crippen LogP contribution in [-0.4, -0.2) is 63.7 Å². The highest BCUT2D eigenvalue weighted by molar-refractivity contribution is 6.00. The molecule has 194 valence electrons. The Bertz CT molecular complexity index is 1200. The topological polar surface area (TPSA) is 145 Å². The smallest absolute Gasteiger partial charge is 0.339 e. The van der Waals surface area contributed by atoms with Gasteiger partial charge in [0.15, 0.2) is 11.7 Å². The number of carbonyl (C=O) groups is 3. The Hall–Kier alpha value is -2.53. The molecule has 9 atom stereocenters. The molecule has 5 aliphatic rings. The molecule has 2 N–H and O–H groups in total. The number of methoxy groups -OCH3 is 1. The number of furan rings is 1. The van der Waals surface area contributed by atoms with E-state index in [1.165, 1.54) is 45.6 Å². The van der Waals surface area contributed by atoms with Crippen molar-refractivity contribution in [1.29, 1.82) is 0 Å². The first kappa shape index (κ1) is 23.8. The van der Waals surface area contributed by atoms with Crippen molar-refractivity contribution in [2.24, 2.45) is 22.7 Å². The van der Waals surface area contributed by atoms with Crippen molar-refractivity contribution in [3.8, 4) is 0 Å². The molecular formula is C26H30O10. The quantitative estimate of drug-likeness (QED) is 0.347. The lowest BCUT2D eigenvalue weighted by Crippen LogP contribution is -2.84. The van der Waals surface area contributed by atoms with Gasteiger partial charge in [0.25, 0.3) is 0 Å². The second-order valence-electron chi connectivity index (χ2n) is 11.6. The number of ether oxygens (including phenoxy) is 4. The van der Waals surface area contributed by atoms with Gasteiger partial charge >= 0.3 is 11.9 Å². The average molecular weight is 503 g/mol.